The highest BCUT2D eigenvalue weighted by Crippen LogP contribution is 2.21. The van der Waals surface area contributed by atoms with Gasteiger partial charge in [-0.25, -0.2) is 4.68 Å². The molecule has 0 fully saturated rings. The molecular formula is C15H16ClN3O2. The first kappa shape index (κ1) is 15.3. The van der Waals surface area contributed by atoms with Crippen LogP contribution in [0.2, 0.25) is 5.02 Å². The molecule has 6 heteroatoms. The Balaban J connectivity index is 2.30. The summed E-state index contributed by atoms with van der Waals surface area (Å²) in [7, 11) is 0. The van der Waals surface area contributed by atoms with Gasteiger partial charge in [0, 0.05) is 17.0 Å². The molecule has 0 aliphatic carbocycles. The molecule has 1 heterocycles. The van der Waals surface area contributed by atoms with Gasteiger partial charge in [-0.05, 0) is 31.2 Å². The Bertz CT molecular complexity index is 621. The fourth-order valence-corrected chi connectivity index (χ4v) is 1.86. The molecule has 21 heavy (non-hydrogen) atoms. The van der Waals surface area contributed by atoms with E-state index < -0.39 is 6.10 Å². The molecule has 0 bridgehead atoms. The molecule has 0 saturated carbocycles. The zero-order valence-corrected chi connectivity index (χ0v) is 12.6. The predicted molar refractivity (Wildman–Crippen MR) is 81.5 cm³/mol. The van der Waals surface area contributed by atoms with Crippen LogP contribution in [0.25, 0.3) is 12.0 Å². The van der Waals surface area contributed by atoms with Crippen molar-refractivity contribution in [2.24, 2.45) is 0 Å². The normalized spacial score (nSPS) is 13.0. The SMILES string of the molecule is CCC(=O)C(C)O/C(=C\n1ccnn1)c1ccc(Cl)cc1. The van der Waals surface area contributed by atoms with Crippen LogP contribution in [0.1, 0.15) is 25.8 Å². The van der Waals surface area contributed by atoms with Crippen molar-refractivity contribution in [3.63, 3.8) is 0 Å². The first-order valence-electron chi connectivity index (χ1n) is 6.63. The zero-order valence-electron chi connectivity index (χ0n) is 11.9. The minimum Gasteiger partial charge on any atom is -0.481 e. The van der Waals surface area contributed by atoms with Crippen molar-refractivity contribution in [1.82, 2.24) is 15.0 Å². The first-order chi connectivity index (χ1) is 10.1. The zero-order chi connectivity index (χ0) is 15.2. The summed E-state index contributed by atoms with van der Waals surface area (Å²) in [6.07, 6.45) is 4.83. The van der Waals surface area contributed by atoms with E-state index in [1.807, 2.05) is 19.1 Å². The summed E-state index contributed by atoms with van der Waals surface area (Å²) in [6, 6.07) is 7.19. The van der Waals surface area contributed by atoms with Crippen LogP contribution < -0.4 is 0 Å². The summed E-state index contributed by atoms with van der Waals surface area (Å²) >= 11 is 5.90. The van der Waals surface area contributed by atoms with E-state index in [4.69, 9.17) is 16.3 Å². The number of carbonyl (C=O) groups is 1. The van der Waals surface area contributed by atoms with Crippen LogP contribution >= 0.6 is 11.6 Å². The summed E-state index contributed by atoms with van der Waals surface area (Å²) in [5.74, 6) is 0.569. The van der Waals surface area contributed by atoms with Gasteiger partial charge in [0.05, 0.1) is 18.6 Å². The lowest BCUT2D eigenvalue weighted by Gasteiger charge is -2.16. The van der Waals surface area contributed by atoms with Crippen LogP contribution in [0.5, 0.6) is 0 Å². The van der Waals surface area contributed by atoms with E-state index in [-0.39, 0.29) is 5.78 Å². The van der Waals surface area contributed by atoms with Crippen LogP contribution in [-0.4, -0.2) is 26.9 Å². The standard InChI is InChI=1S/C15H16ClN3O2/c1-3-14(20)11(2)21-15(10-19-9-8-17-18-19)12-4-6-13(16)7-5-12/h4-11H,3H2,1-2H3/b15-10-. The van der Waals surface area contributed by atoms with Gasteiger partial charge in [0.2, 0.25) is 0 Å². The van der Waals surface area contributed by atoms with Crippen molar-refractivity contribution < 1.29 is 9.53 Å². The predicted octanol–water partition coefficient (Wildman–Crippen LogP) is 3.27. The molecular weight excluding hydrogens is 290 g/mol. The van der Waals surface area contributed by atoms with E-state index in [9.17, 15) is 4.79 Å². The number of halogens is 1. The Morgan fingerprint density at radius 1 is 1.43 bits per heavy atom. The highest BCUT2D eigenvalue weighted by Gasteiger charge is 2.15. The van der Waals surface area contributed by atoms with Gasteiger partial charge in [-0.15, -0.1) is 5.10 Å². The van der Waals surface area contributed by atoms with Gasteiger partial charge in [-0.1, -0.05) is 23.7 Å². The van der Waals surface area contributed by atoms with Gasteiger partial charge in [0.1, 0.15) is 5.76 Å². The fraction of sp³-hybridized carbons (Fsp3) is 0.267. The molecule has 0 aliphatic rings. The summed E-state index contributed by atoms with van der Waals surface area (Å²) in [6.45, 7) is 3.54. The third-order valence-corrected chi connectivity index (χ3v) is 3.18. The lowest BCUT2D eigenvalue weighted by Crippen LogP contribution is -2.19. The van der Waals surface area contributed by atoms with E-state index in [2.05, 4.69) is 10.3 Å². The number of Topliss-reactive ketones (excluding diaryl/α,β-unsaturated/α-hetero) is 1. The smallest absolute Gasteiger partial charge is 0.172 e. The van der Waals surface area contributed by atoms with Gasteiger partial charge in [-0.3, -0.25) is 4.79 Å². The number of hydrogen-bond donors (Lipinski definition) is 0. The Morgan fingerprint density at radius 2 is 2.14 bits per heavy atom. The number of benzene rings is 1. The number of ether oxygens (including phenoxy) is 1. The summed E-state index contributed by atoms with van der Waals surface area (Å²) < 4.78 is 7.30. The second-order valence-corrected chi connectivity index (χ2v) is 4.90. The van der Waals surface area contributed by atoms with Gasteiger partial charge < -0.3 is 4.74 Å². The lowest BCUT2D eigenvalue weighted by molar-refractivity contribution is -0.125. The molecule has 0 aliphatic heterocycles. The summed E-state index contributed by atoms with van der Waals surface area (Å²) in [5.41, 5.74) is 0.811. The monoisotopic (exact) mass is 305 g/mol. The quantitative estimate of drug-likeness (QED) is 0.769. The topological polar surface area (TPSA) is 57.0 Å². The van der Waals surface area contributed by atoms with Crippen molar-refractivity contribution >= 4 is 29.3 Å². The molecule has 0 amide bonds. The van der Waals surface area contributed by atoms with Crippen molar-refractivity contribution in [2.45, 2.75) is 26.4 Å². The third kappa shape index (κ3) is 4.16. The summed E-state index contributed by atoms with van der Waals surface area (Å²) in [4.78, 5) is 11.7. The van der Waals surface area contributed by atoms with Gasteiger partial charge in [0.25, 0.3) is 0 Å². The largest absolute Gasteiger partial charge is 0.481 e. The lowest BCUT2D eigenvalue weighted by atomic mass is 10.1. The molecule has 2 aromatic rings. The van der Waals surface area contributed by atoms with E-state index in [0.29, 0.717) is 17.2 Å². The van der Waals surface area contributed by atoms with Crippen molar-refractivity contribution in [3.05, 3.63) is 47.2 Å². The van der Waals surface area contributed by atoms with Gasteiger partial charge >= 0.3 is 0 Å². The number of carbonyl (C=O) groups excluding carboxylic acids is 1. The van der Waals surface area contributed by atoms with Crippen LogP contribution in [-0.2, 0) is 9.53 Å². The first-order valence-corrected chi connectivity index (χ1v) is 7.01. The van der Waals surface area contributed by atoms with E-state index in [1.165, 1.54) is 4.68 Å². The Kier molecular flexibility index (Phi) is 5.11. The molecule has 0 spiro atoms. The average Bonchev–Trinajstić information content (AvgIpc) is 2.99. The fourth-order valence-electron chi connectivity index (χ4n) is 1.74. The number of rotatable bonds is 6. The molecule has 1 aromatic carbocycles. The molecule has 2 rings (SSSR count). The van der Waals surface area contributed by atoms with Gasteiger partial charge in [-0.2, -0.15) is 0 Å². The molecule has 0 radical (unpaired) electrons. The minimum absolute atomic E-state index is 0.0356. The second kappa shape index (κ2) is 7.04. The molecule has 0 saturated heterocycles. The van der Waals surface area contributed by atoms with Crippen LogP contribution in [0.15, 0.2) is 36.7 Å². The molecule has 1 atom stereocenters. The number of ketones is 1. The van der Waals surface area contributed by atoms with Crippen molar-refractivity contribution in [3.8, 4) is 0 Å². The van der Waals surface area contributed by atoms with E-state index >= 15 is 0 Å². The third-order valence-electron chi connectivity index (χ3n) is 2.92. The highest BCUT2D eigenvalue weighted by molar-refractivity contribution is 6.30. The molecule has 5 nitrogen and oxygen atoms in total. The molecule has 0 N–H and O–H groups in total. The molecule has 1 aromatic heterocycles. The Morgan fingerprint density at radius 3 is 2.71 bits per heavy atom. The molecule has 110 valence electrons. The van der Waals surface area contributed by atoms with Crippen LogP contribution in [0, 0.1) is 0 Å². The van der Waals surface area contributed by atoms with Crippen LogP contribution in [0.3, 0.4) is 0 Å². The summed E-state index contributed by atoms with van der Waals surface area (Å²) in [5, 5.41) is 8.24. The number of aromatic nitrogens is 3. The van der Waals surface area contributed by atoms with E-state index in [1.54, 1.807) is 37.7 Å². The van der Waals surface area contributed by atoms with E-state index in [0.717, 1.165) is 5.56 Å². The van der Waals surface area contributed by atoms with Crippen molar-refractivity contribution in [2.75, 3.05) is 0 Å². The highest BCUT2D eigenvalue weighted by atomic mass is 35.5. The number of hydrogen-bond acceptors (Lipinski definition) is 4. The van der Waals surface area contributed by atoms with Crippen LogP contribution in [0.4, 0.5) is 0 Å². The minimum atomic E-state index is -0.527. The Hall–Kier alpha value is -2.14. The van der Waals surface area contributed by atoms with Crippen molar-refractivity contribution in [1.29, 1.82) is 0 Å². The molecule has 1 unspecified atom stereocenters. The average molecular weight is 306 g/mol. The maximum absolute atomic E-state index is 11.7. The number of nitrogens with zero attached hydrogens (tertiary/aromatic N) is 3. The Labute approximate surface area is 128 Å². The maximum atomic E-state index is 11.7. The maximum Gasteiger partial charge on any atom is 0.172 e. The van der Waals surface area contributed by atoms with Gasteiger partial charge in [0.15, 0.2) is 11.9 Å². The second-order valence-electron chi connectivity index (χ2n) is 4.46.